The van der Waals surface area contributed by atoms with E-state index in [1.165, 1.54) is 6.92 Å². The van der Waals surface area contributed by atoms with Crippen molar-refractivity contribution in [1.29, 1.82) is 0 Å². The summed E-state index contributed by atoms with van der Waals surface area (Å²) in [5, 5.41) is 5.66. The molecule has 2 aromatic carbocycles. The summed E-state index contributed by atoms with van der Waals surface area (Å²) in [6.07, 6.45) is 1.57. The minimum absolute atomic E-state index is 0.0200. The molecule has 0 aliphatic carbocycles. The maximum absolute atomic E-state index is 12.9. The summed E-state index contributed by atoms with van der Waals surface area (Å²) in [4.78, 5) is 38.4. The second-order valence-corrected chi connectivity index (χ2v) is 7.06. The zero-order chi connectivity index (χ0) is 19.9. The highest BCUT2D eigenvalue weighted by Gasteiger charge is 2.28. The van der Waals surface area contributed by atoms with Crippen LogP contribution >= 0.6 is 0 Å². The van der Waals surface area contributed by atoms with Crippen LogP contribution in [0.1, 0.15) is 35.7 Å². The molecule has 1 heterocycles. The first-order chi connectivity index (χ1) is 13.5. The molecule has 0 radical (unpaired) electrons. The first-order valence-corrected chi connectivity index (χ1v) is 9.51. The van der Waals surface area contributed by atoms with Crippen LogP contribution in [0, 0.1) is 5.92 Å². The summed E-state index contributed by atoms with van der Waals surface area (Å²) in [6.45, 7) is 2.95. The highest BCUT2D eigenvalue weighted by Crippen LogP contribution is 2.20. The molecule has 3 amide bonds. The fourth-order valence-electron chi connectivity index (χ4n) is 3.42. The van der Waals surface area contributed by atoms with E-state index in [-0.39, 0.29) is 23.6 Å². The van der Waals surface area contributed by atoms with Gasteiger partial charge in [0.05, 0.1) is 5.92 Å². The molecule has 2 N–H and O–H groups in total. The quantitative estimate of drug-likeness (QED) is 0.838. The van der Waals surface area contributed by atoms with Crippen molar-refractivity contribution in [3.8, 4) is 0 Å². The van der Waals surface area contributed by atoms with Gasteiger partial charge in [-0.15, -0.1) is 0 Å². The third kappa shape index (κ3) is 5.19. The fraction of sp³-hybridized carbons (Fsp3) is 0.318. The number of hydrogen-bond acceptors (Lipinski definition) is 3. The largest absolute Gasteiger partial charge is 0.352 e. The summed E-state index contributed by atoms with van der Waals surface area (Å²) in [7, 11) is 0. The Kier molecular flexibility index (Phi) is 6.42. The molecular weight excluding hydrogens is 354 g/mol. The van der Waals surface area contributed by atoms with Crippen LogP contribution in [0.3, 0.4) is 0 Å². The maximum Gasteiger partial charge on any atom is 0.253 e. The lowest BCUT2D eigenvalue weighted by atomic mass is 9.96. The van der Waals surface area contributed by atoms with Crippen molar-refractivity contribution in [2.75, 3.05) is 18.4 Å². The van der Waals surface area contributed by atoms with Crippen molar-refractivity contribution < 1.29 is 14.4 Å². The Hall–Kier alpha value is -3.15. The van der Waals surface area contributed by atoms with Crippen LogP contribution < -0.4 is 10.6 Å². The van der Waals surface area contributed by atoms with Gasteiger partial charge in [0.1, 0.15) is 0 Å². The van der Waals surface area contributed by atoms with Gasteiger partial charge in [0.25, 0.3) is 5.91 Å². The molecule has 0 bridgehead atoms. The fourth-order valence-corrected chi connectivity index (χ4v) is 3.42. The molecule has 0 aromatic heterocycles. The van der Waals surface area contributed by atoms with E-state index < -0.39 is 0 Å². The van der Waals surface area contributed by atoms with Crippen molar-refractivity contribution in [1.82, 2.24) is 10.2 Å². The van der Waals surface area contributed by atoms with E-state index in [0.717, 1.165) is 18.4 Å². The average Bonchev–Trinajstić information content (AvgIpc) is 2.72. The van der Waals surface area contributed by atoms with Gasteiger partial charge in [-0.25, -0.2) is 0 Å². The summed E-state index contributed by atoms with van der Waals surface area (Å²) in [6, 6.07) is 16.7. The number of rotatable bonds is 5. The monoisotopic (exact) mass is 379 g/mol. The lowest BCUT2D eigenvalue weighted by Crippen LogP contribution is -2.45. The molecule has 6 heteroatoms. The van der Waals surface area contributed by atoms with E-state index in [0.29, 0.717) is 30.9 Å². The Morgan fingerprint density at radius 1 is 1.07 bits per heavy atom. The second-order valence-electron chi connectivity index (χ2n) is 7.06. The van der Waals surface area contributed by atoms with E-state index in [9.17, 15) is 14.4 Å². The molecule has 1 saturated heterocycles. The molecule has 146 valence electrons. The number of amides is 3. The first kappa shape index (κ1) is 19.6. The SMILES string of the molecule is CC(=O)Nc1cccc(C(=O)N2CCC[C@@H](C(=O)NCc3ccccc3)C2)c1. The normalized spacial score (nSPS) is 16.3. The van der Waals surface area contributed by atoms with Gasteiger partial charge in [-0.3, -0.25) is 14.4 Å². The summed E-state index contributed by atoms with van der Waals surface area (Å²) in [5.41, 5.74) is 2.15. The topological polar surface area (TPSA) is 78.5 Å². The highest BCUT2D eigenvalue weighted by molar-refractivity contribution is 5.97. The van der Waals surface area contributed by atoms with Crippen molar-refractivity contribution in [2.24, 2.45) is 5.92 Å². The van der Waals surface area contributed by atoms with Gasteiger partial charge in [-0.2, -0.15) is 0 Å². The van der Waals surface area contributed by atoms with Gasteiger partial charge in [0, 0.05) is 37.8 Å². The highest BCUT2D eigenvalue weighted by atomic mass is 16.2. The average molecular weight is 379 g/mol. The number of anilines is 1. The number of benzene rings is 2. The number of carbonyl (C=O) groups is 3. The Morgan fingerprint density at radius 3 is 2.61 bits per heavy atom. The minimum Gasteiger partial charge on any atom is -0.352 e. The zero-order valence-electron chi connectivity index (χ0n) is 16.0. The van der Waals surface area contributed by atoms with Gasteiger partial charge >= 0.3 is 0 Å². The van der Waals surface area contributed by atoms with Crippen LogP contribution in [0.15, 0.2) is 54.6 Å². The molecule has 0 saturated carbocycles. The zero-order valence-corrected chi connectivity index (χ0v) is 16.0. The van der Waals surface area contributed by atoms with E-state index in [2.05, 4.69) is 10.6 Å². The number of nitrogens with zero attached hydrogens (tertiary/aromatic N) is 1. The van der Waals surface area contributed by atoms with Crippen LogP contribution in [0.2, 0.25) is 0 Å². The molecule has 2 aromatic rings. The van der Waals surface area contributed by atoms with Gasteiger partial charge < -0.3 is 15.5 Å². The van der Waals surface area contributed by atoms with Crippen LogP contribution in [-0.2, 0) is 16.1 Å². The lowest BCUT2D eigenvalue weighted by molar-refractivity contribution is -0.126. The predicted molar refractivity (Wildman–Crippen MR) is 108 cm³/mol. The van der Waals surface area contributed by atoms with Crippen LogP contribution in [-0.4, -0.2) is 35.7 Å². The van der Waals surface area contributed by atoms with E-state index in [1.54, 1.807) is 29.2 Å². The number of hydrogen-bond donors (Lipinski definition) is 2. The van der Waals surface area contributed by atoms with Crippen molar-refractivity contribution >= 4 is 23.4 Å². The minimum atomic E-state index is -0.208. The Bertz CT molecular complexity index is 851. The van der Waals surface area contributed by atoms with Crippen molar-refractivity contribution in [2.45, 2.75) is 26.3 Å². The first-order valence-electron chi connectivity index (χ1n) is 9.51. The van der Waals surface area contributed by atoms with Crippen molar-refractivity contribution in [3.63, 3.8) is 0 Å². The van der Waals surface area contributed by atoms with E-state index in [4.69, 9.17) is 0 Å². The molecule has 28 heavy (non-hydrogen) atoms. The van der Waals surface area contributed by atoms with Gasteiger partial charge in [0.2, 0.25) is 11.8 Å². The smallest absolute Gasteiger partial charge is 0.253 e. The Morgan fingerprint density at radius 2 is 1.86 bits per heavy atom. The van der Waals surface area contributed by atoms with E-state index >= 15 is 0 Å². The lowest BCUT2D eigenvalue weighted by Gasteiger charge is -2.32. The van der Waals surface area contributed by atoms with Crippen LogP contribution in [0.5, 0.6) is 0 Å². The molecule has 3 rings (SSSR count). The second kappa shape index (κ2) is 9.17. The van der Waals surface area contributed by atoms with Crippen LogP contribution in [0.25, 0.3) is 0 Å². The molecule has 0 spiro atoms. The van der Waals surface area contributed by atoms with Gasteiger partial charge in [0.15, 0.2) is 0 Å². The van der Waals surface area contributed by atoms with Crippen molar-refractivity contribution in [3.05, 3.63) is 65.7 Å². The molecule has 6 nitrogen and oxygen atoms in total. The third-order valence-corrected chi connectivity index (χ3v) is 4.82. The number of nitrogens with one attached hydrogen (secondary N) is 2. The predicted octanol–water partition coefficient (Wildman–Crippen LogP) is 2.81. The maximum atomic E-state index is 12.9. The third-order valence-electron chi connectivity index (χ3n) is 4.82. The molecule has 1 atom stereocenters. The Labute approximate surface area is 164 Å². The molecular formula is C22H25N3O3. The van der Waals surface area contributed by atoms with Gasteiger partial charge in [-0.05, 0) is 36.6 Å². The van der Waals surface area contributed by atoms with Gasteiger partial charge in [-0.1, -0.05) is 36.4 Å². The number of carbonyl (C=O) groups excluding carboxylic acids is 3. The standard InChI is InChI=1S/C22H25N3O3/c1-16(26)24-20-11-5-9-18(13-20)22(28)25-12-6-10-19(15-25)21(27)23-14-17-7-3-2-4-8-17/h2-5,7-9,11,13,19H,6,10,12,14-15H2,1H3,(H,23,27)(H,24,26)/t19-/m1/s1. The molecule has 0 unspecified atom stereocenters. The summed E-state index contributed by atoms with van der Waals surface area (Å²) >= 11 is 0. The number of piperidine rings is 1. The van der Waals surface area contributed by atoms with E-state index in [1.807, 2.05) is 30.3 Å². The molecule has 1 aliphatic heterocycles. The molecule has 1 aliphatic rings. The molecule has 1 fully saturated rings. The van der Waals surface area contributed by atoms with Crippen LogP contribution in [0.4, 0.5) is 5.69 Å². The summed E-state index contributed by atoms with van der Waals surface area (Å²) in [5.74, 6) is -0.529. The summed E-state index contributed by atoms with van der Waals surface area (Å²) < 4.78 is 0. The Balaban J connectivity index is 1.60. The number of likely N-dealkylation sites (tertiary alicyclic amines) is 1.